The molecule has 1 unspecified atom stereocenters. The molecule has 0 bridgehead atoms. The summed E-state index contributed by atoms with van der Waals surface area (Å²) in [6.45, 7) is 3.81. The fraction of sp³-hybridized carbons (Fsp3) is 0.364. The summed E-state index contributed by atoms with van der Waals surface area (Å²) in [5.74, 6) is -0.227. The van der Waals surface area contributed by atoms with Gasteiger partial charge in [-0.05, 0) is 25.5 Å². The lowest BCUT2D eigenvalue weighted by Gasteiger charge is -2.09. The number of benzene rings is 1. The summed E-state index contributed by atoms with van der Waals surface area (Å²) in [6.07, 6.45) is 0. The van der Waals surface area contributed by atoms with Crippen LogP contribution < -0.4 is 5.32 Å². The number of nitro benzene ring substituents is 1. The molecule has 90 valence electrons. The van der Waals surface area contributed by atoms with Gasteiger partial charge in [0.15, 0.2) is 5.60 Å². The third-order valence-corrected chi connectivity index (χ3v) is 2.73. The van der Waals surface area contributed by atoms with E-state index in [1.54, 1.807) is 13.8 Å². The molecule has 1 atom stereocenters. The zero-order chi connectivity index (χ0) is 12.6. The van der Waals surface area contributed by atoms with Gasteiger partial charge in [0.05, 0.1) is 11.5 Å². The Morgan fingerprint density at radius 2 is 2.24 bits per heavy atom. The Hall–Kier alpha value is -1.95. The highest BCUT2D eigenvalue weighted by Gasteiger charge is 2.47. The number of nitrogens with one attached hydrogen (secondary N) is 1. The first-order valence-electron chi connectivity index (χ1n) is 5.13. The van der Waals surface area contributed by atoms with E-state index in [0.29, 0.717) is 17.9 Å². The highest BCUT2D eigenvalue weighted by Crippen LogP contribution is 2.29. The van der Waals surface area contributed by atoms with Crippen molar-refractivity contribution < 1.29 is 14.5 Å². The molecule has 0 radical (unpaired) electrons. The Morgan fingerprint density at radius 1 is 1.59 bits per heavy atom. The van der Waals surface area contributed by atoms with E-state index in [4.69, 9.17) is 4.74 Å². The summed E-state index contributed by atoms with van der Waals surface area (Å²) < 4.78 is 5.01. The molecule has 1 aliphatic rings. The van der Waals surface area contributed by atoms with Crippen molar-refractivity contribution in [1.82, 2.24) is 0 Å². The molecular formula is C11H12N2O4. The minimum Gasteiger partial charge on any atom is -0.359 e. The molecule has 0 spiro atoms. The van der Waals surface area contributed by atoms with Gasteiger partial charge in [0, 0.05) is 17.8 Å². The van der Waals surface area contributed by atoms with Gasteiger partial charge in [0.2, 0.25) is 0 Å². The highest BCUT2D eigenvalue weighted by molar-refractivity contribution is 5.99. The smallest absolute Gasteiger partial charge is 0.269 e. The van der Waals surface area contributed by atoms with Gasteiger partial charge in [0.25, 0.3) is 11.6 Å². The van der Waals surface area contributed by atoms with Crippen LogP contribution in [-0.4, -0.2) is 23.0 Å². The van der Waals surface area contributed by atoms with Gasteiger partial charge in [0.1, 0.15) is 0 Å². The summed E-state index contributed by atoms with van der Waals surface area (Å²) in [7, 11) is 0. The number of epoxide rings is 1. The van der Waals surface area contributed by atoms with Crippen molar-refractivity contribution in [3.05, 3.63) is 33.9 Å². The highest BCUT2D eigenvalue weighted by atomic mass is 16.6. The second-order valence-electron chi connectivity index (χ2n) is 4.23. The van der Waals surface area contributed by atoms with Crippen molar-refractivity contribution >= 4 is 17.3 Å². The molecule has 1 fully saturated rings. The average Bonchev–Trinajstić information content (AvgIpc) is 3.00. The standard InChI is InChI=1S/C11H12N2O4/c1-7-5-8(13(15)16)3-4-9(7)12-10(14)11(2)6-17-11/h3-5H,6H2,1-2H3,(H,12,14). The Bertz CT molecular complexity index is 494. The van der Waals surface area contributed by atoms with Crippen LogP contribution in [0.15, 0.2) is 18.2 Å². The maximum Gasteiger partial charge on any atom is 0.269 e. The van der Waals surface area contributed by atoms with E-state index in [1.807, 2.05) is 0 Å². The monoisotopic (exact) mass is 236 g/mol. The fourth-order valence-electron chi connectivity index (χ4n) is 1.40. The van der Waals surface area contributed by atoms with Crippen LogP contribution >= 0.6 is 0 Å². The summed E-state index contributed by atoms with van der Waals surface area (Å²) in [5, 5.41) is 13.2. The third-order valence-electron chi connectivity index (χ3n) is 2.73. The van der Waals surface area contributed by atoms with Crippen molar-refractivity contribution in [3.63, 3.8) is 0 Å². The summed E-state index contributed by atoms with van der Waals surface area (Å²) in [5.41, 5.74) is 0.484. The predicted octanol–water partition coefficient (Wildman–Crippen LogP) is 1.63. The quantitative estimate of drug-likeness (QED) is 0.491. The SMILES string of the molecule is Cc1cc([N+](=O)[O-])ccc1NC(=O)C1(C)CO1. The summed E-state index contributed by atoms with van der Waals surface area (Å²) in [6, 6.07) is 4.31. The number of hydrogen-bond acceptors (Lipinski definition) is 4. The van der Waals surface area contributed by atoms with Crippen LogP contribution in [0.5, 0.6) is 0 Å². The molecule has 17 heavy (non-hydrogen) atoms. The minimum atomic E-state index is -0.742. The summed E-state index contributed by atoms with van der Waals surface area (Å²) in [4.78, 5) is 21.8. The van der Waals surface area contributed by atoms with E-state index in [0.717, 1.165) is 0 Å². The number of rotatable bonds is 3. The second-order valence-corrected chi connectivity index (χ2v) is 4.23. The topological polar surface area (TPSA) is 84.8 Å². The number of anilines is 1. The number of aryl methyl sites for hydroxylation is 1. The lowest BCUT2D eigenvalue weighted by Crippen LogP contribution is -2.28. The zero-order valence-electron chi connectivity index (χ0n) is 9.52. The Labute approximate surface area is 97.7 Å². The maximum atomic E-state index is 11.7. The molecule has 1 aliphatic heterocycles. The van der Waals surface area contributed by atoms with Crippen LogP contribution in [0.3, 0.4) is 0 Å². The maximum absolute atomic E-state index is 11.7. The molecule has 0 saturated carbocycles. The van der Waals surface area contributed by atoms with E-state index in [9.17, 15) is 14.9 Å². The lowest BCUT2D eigenvalue weighted by molar-refractivity contribution is -0.384. The largest absolute Gasteiger partial charge is 0.359 e. The van der Waals surface area contributed by atoms with Gasteiger partial charge in [-0.3, -0.25) is 14.9 Å². The number of ether oxygens (including phenoxy) is 1. The van der Waals surface area contributed by atoms with Crippen LogP contribution in [0.1, 0.15) is 12.5 Å². The van der Waals surface area contributed by atoms with Gasteiger partial charge in [-0.25, -0.2) is 0 Å². The normalized spacial score (nSPS) is 22.0. The number of carbonyl (C=O) groups is 1. The molecule has 1 saturated heterocycles. The van der Waals surface area contributed by atoms with Gasteiger partial charge >= 0.3 is 0 Å². The van der Waals surface area contributed by atoms with E-state index in [1.165, 1.54) is 18.2 Å². The number of hydrogen-bond donors (Lipinski definition) is 1. The summed E-state index contributed by atoms with van der Waals surface area (Å²) >= 11 is 0. The molecule has 1 heterocycles. The third kappa shape index (κ3) is 2.26. The van der Waals surface area contributed by atoms with Crippen LogP contribution in [0.2, 0.25) is 0 Å². The molecule has 0 aliphatic carbocycles. The molecule has 1 aromatic carbocycles. The Morgan fingerprint density at radius 3 is 2.71 bits per heavy atom. The van der Waals surface area contributed by atoms with Crippen molar-refractivity contribution in [2.45, 2.75) is 19.4 Å². The molecule has 0 aromatic heterocycles. The van der Waals surface area contributed by atoms with Crippen molar-refractivity contribution in [2.24, 2.45) is 0 Å². The Kier molecular flexibility index (Phi) is 2.59. The van der Waals surface area contributed by atoms with E-state index < -0.39 is 10.5 Å². The second kappa shape index (κ2) is 3.81. The van der Waals surface area contributed by atoms with Crippen LogP contribution in [-0.2, 0) is 9.53 Å². The fourth-order valence-corrected chi connectivity index (χ4v) is 1.40. The molecule has 6 nitrogen and oxygen atoms in total. The van der Waals surface area contributed by atoms with Crippen LogP contribution in [0.4, 0.5) is 11.4 Å². The minimum absolute atomic E-state index is 0.00869. The van der Waals surface area contributed by atoms with E-state index in [-0.39, 0.29) is 11.6 Å². The van der Waals surface area contributed by atoms with Crippen molar-refractivity contribution in [1.29, 1.82) is 0 Å². The van der Waals surface area contributed by atoms with Gasteiger partial charge < -0.3 is 10.1 Å². The molecule has 1 amide bonds. The molecular weight excluding hydrogens is 224 g/mol. The zero-order valence-corrected chi connectivity index (χ0v) is 9.52. The van der Waals surface area contributed by atoms with Crippen molar-refractivity contribution in [2.75, 3.05) is 11.9 Å². The molecule has 1 aromatic rings. The first-order valence-corrected chi connectivity index (χ1v) is 5.13. The number of nitro groups is 1. The van der Waals surface area contributed by atoms with Crippen molar-refractivity contribution in [3.8, 4) is 0 Å². The number of carbonyl (C=O) groups excluding carboxylic acids is 1. The number of amides is 1. The number of non-ortho nitro benzene ring substituents is 1. The van der Waals surface area contributed by atoms with Gasteiger partial charge in [-0.15, -0.1) is 0 Å². The van der Waals surface area contributed by atoms with Gasteiger partial charge in [-0.1, -0.05) is 0 Å². The van der Waals surface area contributed by atoms with Crippen LogP contribution in [0, 0.1) is 17.0 Å². The number of nitrogens with zero attached hydrogens (tertiary/aromatic N) is 1. The van der Waals surface area contributed by atoms with Gasteiger partial charge in [-0.2, -0.15) is 0 Å². The first-order chi connectivity index (χ1) is 7.92. The first kappa shape index (κ1) is 11.5. The average molecular weight is 236 g/mol. The van der Waals surface area contributed by atoms with Crippen LogP contribution in [0.25, 0.3) is 0 Å². The molecule has 1 N–H and O–H groups in total. The molecule has 2 rings (SSSR count). The lowest BCUT2D eigenvalue weighted by atomic mass is 10.1. The van der Waals surface area contributed by atoms with E-state index >= 15 is 0 Å². The Balaban J connectivity index is 2.17. The van der Waals surface area contributed by atoms with E-state index in [2.05, 4.69) is 5.32 Å². The predicted molar refractivity (Wildman–Crippen MR) is 60.8 cm³/mol. The molecule has 6 heteroatoms.